The quantitative estimate of drug-likeness (QED) is 0.780. The Balaban J connectivity index is 1.59. The lowest BCUT2D eigenvalue weighted by Crippen LogP contribution is -2.28. The zero-order valence-electron chi connectivity index (χ0n) is 14.1. The highest BCUT2D eigenvalue weighted by Gasteiger charge is 2.18. The molecule has 1 amide bonds. The molecular weight excluding hydrogens is 337 g/mol. The number of hydrogen-bond donors (Lipinski definition) is 1. The molecule has 0 unspecified atom stereocenters. The molecule has 1 aromatic carbocycles. The molecule has 3 aromatic rings. The number of aryl methyl sites for hydroxylation is 2. The Labute approximate surface area is 148 Å². The van der Waals surface area contributed by atoms with E-state index in [0.717, 1.165) is 38.1 Å². The van der Waals surface area contributed by atoms with Crippen molar-refractivity contribution in [2.75, 3.05) is 5.32 Å². The van der Waals surface area contributed by atoms with Crippen molar-refractivity contribution < 1.29 is 9.18 Å². The summed E-state index contributed by atoms with van der Waals surface area (Å²) in [7, 11) is 0. The number of carbonyl (C=O) groups is 1. The molecule has 8 heteroatoms. The molecule has 0 fully saturated rings. The van der Waals surface area contributed by atoms with E-state index >= 15 is 0 Å². The number of fused-ring (bicyclic) bond motifs is 3. The van der Waals surface area contributed by atoms with Crippen LogP contribution in [0, 0.1) is 5.82 Å². The molecule has 0 saturated carbocycles. The van der Waals surface area contributed by atoms with Crippen molar-refractivity contribution in [1.82, 2.24) is 19.1 Å². The van der Waals surface area contributed by atoms with Crippen LogP contribution in [-0.2, 0) is 24.3 Å². The van der Waals surface area contributed by atoms with Crippen LogP contribution in [0.4, 0.5) is 10.1 Å². The summed E-state index contributed by atoms with van der Waals surface area (Å²) < 4.78 is 16.2. The van der Waals surface area contributed by atoms with Crippen LogP contribution in [0.25, 0.3) is 11.2 Å². The number of carbonyl (C=O) groups excluding carboxylic acids is 1. The third-order valence-corrected chi connectivity index (χ3v) is 4.53. The third kappa shape index (κ3) is 3.10. The Morgan fingerprint density at radius 2 is 2.00 bits per heavy atom. The Morgan fingerprint density at radius 1 is 1.19 bits per heavy atom. The van der Waals surface area contributed by atoms with Gasteiger partial charge in [0.2, 0.25) is 5.91 Å². The van der Waals surface area contributed by atoms with Crippen LogP contribution in [0.2, 0.25) is 0 Å². The van der Waals surface area contributed by atoms with Crippen LogP contribution in [-0.4, -0.2) is 25.0 Å². The average Bonchev–Trinajstić information content (AvgIpc) is 2.82. The summed E-state index contributed by atoms with van der Waals surface area (Å²) in [6.07, 6.45) is 5.46. The van der Waals surface area contributed by atoms with Gasteiger partial charge in [0.25, 0.3) is 5.56 Å². The van der Waals surface area contributed by atoms with Gasteiger partial charge in [-0.1, -0.05) is 6.42 Å². The van der Waals surface area contributed by atoms with Gasteiger partial charge in [0, 0.05) is 18.7 Å². The van der Waals surface area contributed by atoms with Crippen molar-refractivity contribution in [3.8, 4) is 0 Å². The van der Waals surface area contributed by atoms with Crippen molar-refractivity contribution in [1.29, 1.82) is 0 Å². The van der Waals surface area contributed by atoms with Crippen molar-refractivity contribution in [2.45, 2.75) is 38.8 Å². The van der Waals surface area contributed by atoms with Gasteiger partial charge in [0.1, 0.15) is 24.5 Å². The Morgan fingerprint density at radius 3 is 2.81 bits per heavy atom. The van der Waals surface area contributed by atoms with Crippen molar-refractivity contribution in [2.24, 2.45) is 0 Å². The van der Waals surface area contributed by atoms with Gasteiger partial charge in [0.15, 0.2) is 11.2 Å². The van der Waals surface area contributed by atoms with Crippen molar-refractivity contribution in [3.05, 3.63) is 52.6 Å². The molecule has 1 N–H and O–H groups in total. The lowest BCUT2D eigenvalue weighted by molar-refractivity contribution is -0.116. The number of nitrogens with one attached hydrogen (secondary N) is 1. The fourth-order valence-corrected chi connectivity index (χ4v) is 3.23. The lowest BCUT2D eigenvalue weighted by Gasteiger charge is -2.07. The number of benzene rings is 1. The molecule has 134 valence electrons. The first-order valence-corrected chi connectivity index (χ1v) is 8.62. The second-order valence-electron chi connectivity index (χ2n) is 6.40. The van der Waals surface area contributed by atoms with E-state index in [1.54, 1.807) is 0 Å². The second kappa shape index (κ2) is 6.70. The molecule has 4 rings (SSSR count). The van der Waals surface area contributed by atoms with E-state index in [9.17, 15) is 14.0 Å². The van der Waals surface area contributed by atoms with E-state index in [1.165, 1.54) is 35.2 Å². The molecule has 0 spiro atoms. The highest BCUT2D eigenvalue weighted by Crippen LogP contribution is 2.18. The Hall–Kier alpha value is -3.03. The Kier molecular flexibility index (Phi) is 4.24. The summed E-state index contributed by atoms with van der Waals surface area (Å²) in [6, 6.07) is 5.44. The summed E-state index contributed by atoms with van der Waals surface area (Å²) in [4.78, 5) is 33.7. The third-order valence-electron chi connectivity index (χ3n) is 4.53. The maximum atomic E-state index is 12.9. The average molecular weight is 355 g/mol. The molecule has 0 aliphatic carbocycles. The maximum absolute atomic E-state index is 12.9. The van der Waals surface area contributed by atoms with Gasteiger partial charge >= 0.3 is 0 Å². The molecule has 2 aromatic heterocycles. The predicted molar refractivity (Wildman–Crippen MR) is 94.4 cm³/mol. The first-order chi connectivity index (χ1) is 12.6. The summed E-state index contributed by atoms with van der Waals surface area (Å²) in [5.41, 5.74) is 1.03. The lowest BCUT2D eigenvalue weighted by atomic mass is 10.2. The van der Waals surface area contributed by atoms with Gasteiger partial charge < -0.3 is 9.88 Å². The van der Waals surface area contributed by atoms with E-state index < -0.39 is 0 Å². The molecule has 7 nitrogen and oxygen atoms in total. The van der Waals surface area contributed by atoms with Gasteiger partial charge in [-0.15, -0.1) is 0 Å². The molecule has 1 aliphatic rings. The number of aromatic nitrogens is 4. The normalized spacial score (nSPS) is 14.0. The second-order valence-corrected chi connectivity index (χ2v) is 6.40. The van der Waals surface area contributed by atoms with Gasteiger partial charge in [-0.2, -0.15) is 0 Å². The van der Waals surface area contributed by atoms with Crippen LogP contribution in [0.3, 0.4) is 0 Å². The summed E-state index contributed by atoms with van der Waals surface area (Å²) in [5.74, 6) is 0.115. The molecule has 26 heavy (non-hydrogen) atoms. The summed E-state index contributed by atoms with van der Waals surface area (Å²) in [6.45, 7) is 0.634. The predicted octanol–water partition coefficient (Wildman–Crippen LogP) is 2.10. The smallest absolute Gasteiger partial charge is 0.282 e. The van der Waals surface area contributed by atoms with Crippen LogP contribution < -0.4 is 10.9 Å². The van der Waals surface area contributed by atoms with Crippen LogP contribution in [0.5, 0.6) is 0 Å². The minimum atomic E-state index is -0.388. The molecule has 0 atom stereocenters. The summed E-state index contributed by atoms with van der Waals surface area (Å²) >= 11 is 0. The fourth-order valence-electron chi connectivity index (χ4n) is 3.23. The molecule has 0 saturated heterocycles. The van der Waals surface area contributed by atoms with E-state index in [0.29, 0.717) is 16.9 Å². The number of halogens is 1. The first kappa shape index (κ1) is 16.4. The number of amides is 1. The van der Waals surface area contributed by atoms with Crippen molar-refractivity contribution >= 4 is 22.8 Å². The topological polar surface area (TPSA) is 81.8 Å². The van der Waals surface area contributed by atoms with Crippen molar-refractivity contribution in [3.63, 3.8) is 0 Å². The van der Waals surface area contributed by atoms with E-state index in [-0.39, 0.29) is 23.8 Å². The minimum absolute atomic E-state index is 0.179. The largest absolute Gasteiger partial charge is 0.325 e. The molecule has 0 bridgehead atoms. The number of anilines is 1. The fraction of sp³-hybridized carbons (Fsp3) is 0.333. The molecular formula is C18H18FN5O2. The highest BCUT2D eigenvalue weighted by molar-refractivity contribution is 5.90. The number of rotatable bonds is 3. The van der Waals surface area contributed by atoms with E-state index in [4.69, 9.17) is 0 Å². The van der Waals surface area contributed by atoms with Crippen LogP contribution in [0.1, 0.15) is 25.1 Å². The van der Waals surface area contributed by atoms with Crippen LogP contribution >= 0.6 is 0 Å². The highest BCUT2D eigenvalue weighted by atomic mass is 19.1. The van der Waals surface area contributed by atoms with Gasteiger partial charge in [-0.3, -0.25) is 14.2 Å². The zero-order chi connectivity index (χ0) is 18.1. The number of hydrogen-bond acceptors (Lipinski definition) is 4. The van der Waals surface area contributed by atoms with Gasteiger partial charge in [-0.05, 0) is 37.1 Å². The molecule has 1 aliphatic heterocycles. The molecule has 0 radical (unpaired) electrons. The summed E-state index contributed by atoms with van der Waals surface area (Å²) in [5, 5.41) is 2.63. The molecule has 3 heterocycles. The van der Waals surface area contributed by atoms with Crippen LogP contribution in [0.15, 0.2) is 35.4 Å². The number of imidazole rings is 1. The standard InChI is InChI=1S/C18H18FN5O2/c19-12-5-7-13(8-6-12)21-15(25)10-23-11-20-17-16(18(23)26)22-14-4-2-1-3-9-24(14)17/h5-8,11H,1-4,9-10H2,(H,21,25). The monoisotopic (exact) mass is 355 g/mol. The first-order valence-electron chi connectivity index (χ1n) is 8.62. The maximum Gasteiger partial charge on any atom is 0.282 e. The minimum Gasteiger partial charge on any atom is -0.325 e. The zero-order valence-corrected chi connectivity index (χ0v) is 14.1. The Bertz CT molecular complexity index is 1020. The van der Waals surface area contributed by atoms with E-state index in [1.807, 2.05) is 4.57 Å². The van der Waals surface area contributed by atoms with Gasteiger partial charge in [0.05, 0.1) is 0 Å². The van der Waals surface area contributed by atoms with E-state index in [2.05, 4.69) is 15.3 Å². The SMILES string of the molecule is O=C(Cn1cnc2c(nc3n2CCCCC3)c1=O)Nc1ccc(F)cc1. The number of nitrogens with zero attached hydrogens (tertiary/aromatic N) is 4. The van der Waals surface area contributed by atoms with Gasteiger partial charge in [-0.25, -0.2) is 14.4 Å².